The van der Waals surface area contributed by atoms with Crippen LogP contribution in [0.15, 0.2) is 24.3 Å². The summed E-state index contributed by atoms with van der Waals surface area (Å²) in [5, 5.41) is 2.85. The summed E-state index contributed by atoms with van der Waals surface area (Å²) in [6.45, 7) is 4.70. The van der Waals surface area contributed by atoms with Gasteiger partial charge in [0.25, 0.3) is 11.8 Å². The maximum absolute atomic E-state index is 13.1. The van der Waals surface area contributed by atoms with E-state index in [9.17, 15) is 14.0 Å². The van der Waals surface area contributed by atoms with Crippen LogP contribution in [0.4, 0.5) is 4.39 Å². The van der Waals surface area contributed by atoms with Crippen molar-refractivity contribution in [2.24, 2.45) is 5.92 Å². The molecule has 0 aliphatic carbocycles. The Kier molecular flexibility index (Phi) is 5.65. The normalized spacial score (nSPS) is 17.1. The Morgan fingerprint density at radius 2 is 1.86 bits per heavy atom. The van der Waals surface area contributed by atoms with Crippen molar-refractivity contribution >= 4 is 11.8 Å². The molecule has 0 unspecified atom stereocenters. The molecule has 0 spiro atoms. The van der Waals surface area contributed by atoms with Crippen molar-refractivity contribution in [3.8, 4) is 0 Å². The van der Waals surface area contributed by atoms with Crippen molar-refractivity contribution in [1.29, 1.82) is 0 Å². The number of amides is 2. The molecule has 3 heterocycles. The summed E-state index contributed by atoms with van der Waals surface area (Å²) < 4.78 is 15.0. The predicted octanol–water partition coefficient (Wildman–Crippen LogP) is 3.16. The van der Waals surface area contributed by atoms with Gasteiger partial charge >= 0.3 is 0 Å². The van der Waals surface area contributed by atoms with Crippen LogP contribution in [0.25, 0.3) is 0 Å². The van der Waals surface area contributed by atoms with Crippen molar-refractivity contribution in [2.75, 3.05) is 13.1 Å². The van der Waals surface area contributed by atoms with Gasteiger partial charge in [-0.1, -0.05) is 19.1 Å². The molecular weight excluding hydrogens is 371 g/mol. The third-order valence-electron chi connectivity index (χ3n) is 5.96. The Morgan fingerprint density at radius 1 is 1.14 bits per heavy atom. The van der Waals surface area contributed by atoms with Gasteiger partial charge in [0.1, 0.15) is 11.5 Å². The number of carbonyl (C=O) groups excluding carboxylic acids is 2. The van der Waals surface area contributed by atoms with E-state index in [4.69, 9.17) is 0 Å². The van der Waals surface area contributed by atoms with Gasteiger partial charge in [0.2, 0.25) is 0 Å². The minimum absolute atomic E-state index is 0.0554. The third kappa shape index (κ3) is 4.18. The van der Waals surface area contributed by atoms with Crippen LogP contribution in [0, 0.1) is 11.7 Å². The Balaban J connectivity index is 1.53. The fraction of sp³-hybridized carbons (Fsp3) is 0.500. The van der Waals surface area contributed by atoms with E-state index in [1.54, 1.807) is 12.1 Å². The summed E-state index contributed by atoms with van der Waals surface area (Å²) in [5.41, 5.74) is 2.13. The van der Waals surface area contributed by atoms with Crippen LogP contribution >= 0.6 is 0 Å². The molecule has 0 atom stereocenters. The first-order chi connectivity index (χ1) is 14.0. The van der Waals surface area contributed by atoms with E-state index < -0.39 is 0 Å². The highest BCUT2D eigenvalue weighted by atomic mass is 19.1. The van der Waals surface area contributed by atoms with Crippen molar-refractivity contribution in [3.63, 3.8) is 0 Å². The average molecular weight is 398 g/mol. The number of hydrogen-bond acceptors (Lipinski definition) is 3. The lowest BCUT2D eigenvalue weighted by molar-refractivity contribution is 0.0690. The molecule has 6 nitrogen and oxygen atoms in total. The number of fused-ring (bicyclic) bond motifs is 1. The molecule has 7 heteroatoms. The molecule has 29 heavy (non-hydrogen) atoms. The quantitative estimate of drug-likeness (QED) is 0.860. The molecule has 4 rings (SSSR count). The molecule has 1 saturated heterocycles. The lowest BCUT2D eigenvalue weighted by Gasteiger charge is -2.30. The molecule has 2 aromatic rings. The number of hydrogen-bond donors (Lipinski definition) is 1. The number of halogens is 1. The number of imidazole rings is 1. The van der Waals surface area contributed by atoms with Gasteiger partial charge in [0, 0.05) is 26.2 Å². The second kappa shape index (κ2) is 8.35. The number of benzene rings is 1. The molecule has 1 aromatic heterocycles. The van der Waals surface area contributed by atoms with Crippen LogP contribution < -0.4 is 5.32 Å². The smallest absolute Gasteiger partial charge is 0.287 e. The molecule has 2 aliphatic rings. The van der Waals surface area contributed by atoms with E-state index in [-0.39, 0.29) is 24.2 Å². The van der Waals surface area contributed by atoms with Crippen LogP contribution in [0.5, 0.6) is 0 Å². The summed E-state index contributed by atoms with van der Waals surface area (Å²) in [5.74, 6) is 0.278. The first kappa shape index (κ1) is 19.6. The second-order valence-electron chi connectivity index (χ2n) is 8.12. The minimum Gasteiger partial charge on any atom is -0.345 e. The lowest BCUT2D eigenvalue weighted by Crippen LogP contribution is -2.38. The van der Waals surface area contributed by atoms with Crippen LogP contribution in [0.1, 0.15) is 65.0 Å². The molecular formula is C22H27FN4O2. The Hall–Kier alpha value is -2.70. The number of nitrogens with one attached hydrogen (secondary N) is 1. The van der Waals surface area contributed by atoms with E-state index in [0.717, 1.165) is 56.5 Å². The van der Waals surface area contributed by atoms with E-state index in [0.29, 0.717) is 24.0 Å². The molecule has 1 N–H and O–H groups in total. The van der Waals surface area contributed by atoms with Gasteiger partial charge in [-0.25, -0.2) is 9.37 Å². The monoisotopic (exact) mass is 398 g/mol. The van der Waals surface area contributed by atoms with Crippen LogP contribution in [0.3, 0.4) is 0 Å². The molecule has 1 aromatic carbocycles. The second-order valence-corrected chi connectivity index (χ2v) is 8.12. The predicted molar refractivity (Wildman–Crippen MR) is 107 cm³/mol. The van der Waals surface area contributed by atoms with Crippen molar-refractivity contribution < 1.29 is 14.0 Å². The summed E-state index contributed by atoms with van der Waals surface area (Å²) in [6.07, 6.45) is 4.75. The number of piperidine rings is 1. The minimum atomic E-state index is -0.308. The summed E-state index contributed by atoms with van der Waals surface area (Å²) in [7, 11) is 0. The van der Waals surface area contributed by atoms with E-state index >= 15 is 0 Å². The Morgan fingerprint density at radius 3 is 2.59 bits per heavy atom. The van der Waals surface area contributed by atoms with Gasteiger partial charge in [-0.05, 0) is 55.7 Å². The standard InChI is InChI=1S/C22H27FN4O2/c1-15-9-12-26(13-10-15)22(29)19-18-4-2-3-11-27(18)20(25-19)21(28)24-14-16-5-7-17(23)8-6-16/h5-8,15H,2-4,9-14H2,1H3,(H,24,28). The van der Waals surface area contributed by atoms with Crippen LogP contribution in [0.2, 0.25) is 0 Å². The third-order valence-corrected chi connectivity index (χ3v) is 5.96. The fourth-order valence-corrected chi connectivity index (χ4v) is 4.11. The zero-order chi connectivity index (χ0) is 20.4. The largest absolute Gasteiger partial charge is 0.345 e. The van der Waals surface area contributed by atoms with Crippen molar-refractivity contribution in [3.05, 3.63) is 52.9 Å². The SMILES string of the molecule is CC1CCN(C(=O)c2nc(C(=O)NCc3ccc(F)cc3)n3c2CCCC3)CC1. The number of rotatable bonds is 4. The maximum Gasteiger partial charge on any atom is 0.287 e. The summed E-state index contributed by atoms with van der Waals surface area (Å²) in [6, 6.07) is 6.02. The molecule has 0 saturated carbocycles. The van der Waals surface area contributed by atoms with Crippen LogP contribution in [-0.2, 0) is 19.5 Å². The highest BCUT2D eigenvalue weighted by Crippen LogP contribution is 2.24. The van der Waals surface area contributed by atoms with Gasteiger partial charge in [-0.15, -0.1) is 0 Å². The number of likely N-dealkylation sites (tertiary alicyclic amines) is 1. The highest BCUT2D eigenvalue weighted by molar-refractivity contribution is 5.97. The first-order valence-corrected chi connectivity index (χ1v) is 10.4. The van der Waals surface area contributed by atoms with Crippen LogP contribution in [-0.4, -0.2) is 39.4 Å². The lowest BCUT2D eigenvalue weighted by atomic mass is 9.98. The molecule has 2 aliphatic heterocycles. The average Bonchev–Trinajstić information content (AvgIpc) is 3.13. The van der Waals surface area contributed by atoms with E-state index in [2.05, 4.69) is 17.2 Å². The van der Waals surface area contributed by atoms with E-state index in [1.807, 2.05) is 9.47 Å². The van der Waals surface area contributed by atoms with E-state index in [1.165, 1.54) is 12.1 Å². The number of carbonyl (C=O) groups is 2. The molecule has 154 valence electrons. The molecule has 0 radical (unpaired) electrons. The Labute approximate surface area is 170 Å². The van der Waals surface area contributed by atoms with Gasteiger partial charge in [0.15, 0.2) is 5.82 Å². The molecule has 0 bridgehead atoms. The molecule has 1 fully saturated rings. The van der Waals surface area contributed by atoms with Gasteiger partial charge in [-0.2, -0.15) is 0 Å². The zero-order valence-electron chi connectivity index (χ0n) is 16.8. The number of aromatic nitrogens is 2. The van der Waals surface area contributed by atoms with Gasteiger partial charge in [-0.3, -0.25) is 9.59 Å². The van der Waals surface area contributed by atoms with Gasteiger partial charge in [0.05, 0.1) is 5.69 Å². The van der Waals surface area contributed by atoms with Gasteiger partial charge < -0.3 is 14.8 Å². The number of nitrogens with zero attached hydrogens (tertiary/aromatic N) is 3. The Bertz CT molecular complexity index is 898. The fourth-order valence-electron chi connectivity index (χ4n) is 4.11. The maximum atomic E-state index is 13.1. The highest BCUT2D eigenvalue weighted by Gasteiger charge is 2.31. The van der Waals surface area contributed by atoms with Crippen molar-refractivity contribution in [2.45, 2.75) is 52.1 Å². The summed E-state index contributed by atoms with van der Waals surface area (Å²) >= 11 is 0. The summed E-state index contributed by atoms with van der Waals surface area (Å²) in [4.78, 5) is 32.3. The first-order valence-electron chi connectivity index (χ1n) is 10.4. The van der Waals surface area contributed by atoms with Crippen molar-refractivity contribution in [1.82, 2.24) is 19.8 Å². The zero-order valence-corrected chi connectivity index (χ0v) is 16.8. The molecule has 2 amide bonds. The topological polar surface area (TPSA) is 67.2 Å².